The largest absolute Gasteiger partial charge is 0.478 e. The molecule has 3 heteroatoms. The first-order chi connectivity index (χ1) is 7.06. The predicted molar refractivity (Wildman–Crippen MR) is 58.0 cm³/mol. The quantitative estimate of drug-likeness (QED) is 0.715. The van der Waals surface area contributed by atoms with Crippen molar-refractivity contribution in [2.75, 3.05) is 7.11 Å². The molecular formula is C12H16O3. The second-order valence-electron chi connectivity index (χ2n) is 3.50. The van der Waals surface area contributed by atoms with Gasteiger partial charge in [-0.15, -0.1) is 0 Å². The lowest BCUT2D eigenvalue weighted by Gasteiger charge is -2.16. The Morgan fingerprint density at radius 2 is 1.80 bits per heavy atom. The fraction of sp³-hybridized carbons (Fsp3) is 0.417. The molecule has 1 atom stereocenters. The number of hydrogen-bond donors (Lipinski definition) is 0. The molecule has 0 amide bonds. The van der Waals surface area contributed by atoms with Gasteiger partial charge in [0.1, 0.15) is 5.75 Å². The molecule has 1 aromatic carbocycles. The Balaban J connectivity index is 2.85. The molecule has 3 nitrogen and oxygen atoms in total. The third-order valence-corrected chi connectivity index (χ3v) is 2.24. The van der Waals surface area contributed by atoms with Crippen LogP contribution in [0.2, 0.25) is 0 Å². The van der Waals surface area contributed by atoms with Crippen LogP contribution in [0.5, 0.6) is 5.75 Å². The molecule has 0 aliphatic carbocycles. The first-order valence-electron chi connectivity index (χ1n) is 4.87. The lowest BCUT2D eigenvalue weighted by atomic mass is 10.1. The van der Waals surface area contributed by atoms with Crippen molar-refractivity contribution in [1.82, 2.24) is 0 Å². The zero-order valence-electron chi connectivity index (χ0n) is 9.53. The van der Waals surface area contributed by atoms with Gasteiger partial charge >= 0.3 is 5.97 Å². The Bertz CT molecular complexity index is 338. The molecule has 0 saturated carbocycles. The van der Waals surface area contributed by atoms with E-state index in [-0.39, 0.29) is 5.97 Å². The number of carbonyl (C=O) groups excluding carboxylic acids is 1. The van der Waals surface area contributed by atoms with Crippen molar-refractivity contribution in [3.05, 3.63) is 29.3 Å². The highest BCUT2D eigenvalue weighted by Crippen LogP contribution is 2.23. The summed E-state index contributed by atoms with van der Waals surface area (Å²) in [7, 11) is 1.35. The van der Waals surface area contributed by atoms with E-state index in [1.54, 1.807) is 6.92 Å². The number of hydrogen-bond acceptors (Lipinski definition) is 3. The third kappa shape index (κ3) is 2.72. The van der Waals surface area contributed by atoms with Crippen LogP contribution in [0.15, 0.2) is 18.2 Å². The Morgan fingerprint density at radius 3 is 2.27 bits per heavy atom. The summed E-state index contributed by atoms with van der Waals surface area (Å²) in [6.45, 7) is 5.58. The summed E-state index contributed by atoms with van der Waals surface area (Å²) >= 11 is 0. The second kappa shape index (κ2) is 4.82. The lowest BCUT2D eigenvalue weighted by Crippen LogP contribution is -2.25. The van der Waals surface area contributed by atoms with E-state index in [9.17, 15) is 4.79 Å². The Morgan fingerprint density at radius 1 is 1.27 bits per heavy atom. The van der Waals surface area contributed by atoms with Gasteiger partial charge in [-0.3, -0.25) is 0 Å². The van der Waals surface area contributed by atoms with Crippen molar-refractivity contribution in [2.24, 2.45) is 0 Å². The van der Waals surface area contributed by atoms with E-state index in [0.717, 1.165) is 16.9 Å². The van der Waals surface area contributed by atoms with Crippen molar-refractivity contribution in [1.29, 1.82) is 0 Å². The van der Waals surface area contributed by atoms with Gasteiger partial charge < -0.3 is 9.47 Å². The van der Waals surface area contributed by atoms with Crippen LogP contribution < -0.4 is 4.74 Å². The first-order valence-corrected chi connectivity index (χ1v) is 4.87. The maximum Gasteiger partial charge on any atom is 0.346 e. The van der Waals surface area contributed by atoms with Gasteiger partial charge in [0.25, 0.3) is 0 Å². The Labute approximate surface area is 90.0 Å². The fourth-order valence-electron chi connectivity index (χ4n) is 1.38. The molecule has 0 spiro atoms. The number of carbonyl (C=O) groups is 1. The molecular weight excluding hydrogens is 192 g/mol. The fourth-order valence-corrected chi connectivity index (χ4v) is 1.38. The highest BCUT2D eigenvalue weighted by Gasteiger charge is 2.16. The number of aryl methyl sites for hydroxylation is 2. The van der Waals surface area contributed by atoms with Crippen LogP contribution in [0, 0.1) is 13.8 Å². The smallest absolute Gasteiger partial charge is 0.346 e. The van der Waals surface area contributed by atoms with Gasteiger partial charge in [0.15, 0.2) is 6.10 Å². The van der Waals surface area contributed by atoms with Crippen molar-refractivity contribution in [3.8, 4) is 5.75 Å². The minimum absolute atomic E-state index is 0.363. The normalized spacial score (nSPS) is 12.0. The zero-order valence-corrected chi connectivity index (χ0v) is 9.53. The number of rotatable bonds is 3. The van der Waals surface area contributed by atoms with Crippen molar-refractivity contribution >= 4 is 5.97 Å². The van der Waals surface area contributed by atoms with Gasteiger partial charge in [0.05, 0.1) is 7.11 Å². The molecule has 0 fully saturated rings. The molecule has 1 unspecified atom stereocenters. The topological polar surface area (TPSA) is 35.5 Å². The second-order valence-corrected chi connectivity index (χ2v) is 3.50. The molecule has 82 valence electrons. The molecule has 0 aliphatic heterocycles. The van der Waals surface area contributed by atoms with Crippen LogP contribution in [-0.2, 0) is 9.53 Å². The summed E-state index contributed by atoms with van der Waals surface area (Å²) in [5.41, 5.74) is 2.04. The maximum atomic E-state index is 11.2. The lowest BCUT2D eigenvalue weighted by molar-refractivity contribution is -0.147. The summed E-state index contributed by atoms with van der Waals surface area (Å²) in [5, 5.41) is 0. The van der Waals surface area contributed by atoms with Gasteiger partial charge in [-0.25, -0.2) is 4.79 Å². The molecule has 1 aromatic rings. The zero-order chi connectivity index (χ0) is 11.4. The SMILES string of the molecule is COC(=O)C(C)Oc1c(C)cccc1C. The molecule has 0 bridgehead atoms. The average Bonchev–Trinajstić information content (AvgIpc) is 2.22. The highest BCUT2D eigenvalue weighted by molar-refractivity contribution is 5.74. The van der Waals surface area contributed by atoms with Gasteiger partial charge in [-0.1, -0.05) is 18.2 Å². The third-order valence-electron chi connectivity index (χ3n) is 2.24. The molecule has 0 saturated heterocycles. The van der Waals surface area contributed by atoms with E-state index in [4.69, 9.17) is 4.74 Å². The van der Waals surface area contributed by atoms with Gasteiger partial charge in [0, 0.05) is 0 Å². The molecule has 0 heterocycles. The van der Waals surface area contributed by atoms with E-state index in [1.165, 1.54) is 7.11 Å². The Hall–Kier alpha value is -1.51. The standard InChI is InChI=1S/C12H16O3/c1-8-6-5-7-9(2)11(8)15-10(3)12(13)14-4/h5-7,10H,1-4H3. The summed E-state index contributed by atoms with van der Waals surface area (Å²) in [6, 6.07) is 5.86. The van der Waals surface area contributed by atoms with Gasteiger partial charge in [-0.2, -0.15) is 0 Å². The first kappa shape index (κ1) is 11.6. The van der Waals surface area contributed by atoms with E-state index in [1.807, 2.05) is 32.0 Å². The van der Waals surface area contributed by atoms with E-state index in [2.05, 4.69) is 4.74 Å². The van der Waals surface area contributed by atoms with Gasteiger partial charge in [0.2, 0.25) is 0 Å². The summed E-state index contributed by atoms with van der Waals surface area (Å²) < 4.78 is 10.2. The van der Waals surface area contributed by atoms with Crippen molar-refractivity contribution < 1.29 is 14.3 Å². The number of ether oxygens (including phenoxy) is 2. The summed E-state index contributed by atoms with van der Waals surface area (Å²) in [5.74, 6) is 0.396. The minimum atomic E-state index is -0.574. The predicted octanol–water partition coefficient (Wildman–Crippen LogP) is 2.24. The molecule has 15 heavy (non-hydrogen) atoms. The highest BCUT2D eigenvalue weighted by atomic mass is 16.6. The summed E-state index contributed by atoms with van der Waals surface area (Å²) in [4.78, 5) is 11.2. The number of esters is 1. The van der Waals surface area contributed by atoms with E-state index in [0.29, 0.717) is 0 Å². The monoisotopic (exact) mass is 208 g/mol. The van der Waals surface area contributed by atoms with Crippen LogP contribution in [0.25, 0.3) is 0 Å². The molecule has 0 N–H and O–H groups in total. The van der Waals surface area contributed by atoms with Crippen LogP contribution in [0.3, 0.4) is 0 Å². The maximum absolute atomic E-state index is 11.2. The van der Waals surface area contributed by atoms with E-state index >= 15 is 0 Å². The molecule has 0 aromatic heterocycles. The Kier molecular flexibility index (Phi) is 3.72. The number of para-hydroxylation sites is 1. The molecule has 0 aliphatic rings. The van der Waals surface area contributed by atoms with Crippen LogP contribution in [-0.4, -0.2) is 19.2 Å². The van der Waals surface area contributed by atoms with Crippen LogP contribution in [0.4, 0.5) is 0 Å². The van der Waals surface area contributed by atoms with E-state index < -0.39 is 6.10 Å². The van der Waals surface area contributed by atoms with Crippen molar-refractivity contribution in [3.63, 3.8) is 0 Å². The van der Waals surface area contributed by atoms with Gasteiger partial charge in [-0.05, 0) is 31.9 Å². The number of benzene rings is 1. The minimum Gasteiger partial charge on any atom is -0.478 e. The molecule has 0 radical (unpaired) electrons. The van der Waals surface area contributed by atoms with Crippen LogP contribution in [0.1, 0.15) is 18.1 Å². The summed E-state index contributed by atoms with van der Waals surface area (Å²) in [6.07, 6.45) is -0.574. The average molecular weight is 208 g/mol. The van der Waals surface area contributed by atoms with Crippen LogP contribution >= 0.6 is 0 Å². The van der Waals surface area contributed by atoms with Crippen molar-refractivity contribution in [2.45, 2.75) is 26.9 Å². The molecule has 1 rings (SSSR count). The number of methoxy groups -OCH3 is 1.